The number of hydrogen-bond donors (Lipinski definition) is 2. The summed E-state index contributed by atoms with van der Waals surface area (Å²) in [6, 6.07) is 35.1. The van der Waals surface area contributed by atoms with Gasteiger partial charge in [-0.05, 0) is 110 Å². The Labute approximate surface area is 717 Å². The Bertz CT molecular complexity index is 2430. The summed E-state index contributed by atoms with van der Waals surface area (Å²) >= 11 is 15.6. The van der Waals surface area contributed by atoms with E-state index in [2.05, 4.69) is 280 Å². The Kier molecular flexibility index (Phi) is 105. The number of halogens is 7. The van der Waals surface area contributed by atoms with Crippen molar-refractivity contribution in [2.75, 3.05) is 7.36 Å². The minimum absolute atomic E-state index is 0. The van der Waals surface area contributed by atoms with Crippen molar-refractivity contribution in [2.45, 2.75) is 97.4 Å². The van der Waals surface area contributed by atoms with Crippen molar-refractivity contribution in [3.8, 4) is 34.5 Å². The number of alkyl halides is 6. The summed E-state index contributed by atoms with van der Waals surface area (Å²) in [5, 5.41) is 18.0. The van der Waals surface area contributed by atoms with Crippen LogP contribution in [0, 0.1) is 127 Å². The first-order chi connectivity index (χ1) is 35.4. The van der Waals surface area contributed by atoms with Crippen molar-refractivity contribution >= 4 is 228 Å². The molecule has 4 radical (unpaired) electrons. The van der Waals surface area contributed by atoms with E-state index in [9.17, 15) is 0 Å². The van der Waals surface area contributed by atoms with Crippen LogP contribution in [-0.4, -0.2) is 24.5 Å². The van der Waals surface area contributed by atoms with Gasteiger partial charge in [-0.2, -0.15) is 35.9 Å². The average Bonchev–Trinajstić information content (AvgIpc) is 3.38. The number of aryl methyl sites for hydroxylation is 9. The van der Waals surface area contributed by atoms with Gasteiger partial charge in [-0.15, -0.1) is 35.4 Å². The van der Waals surface area contributed by atoms with Gasteiger partial charge in [0.15, 0.2) is 0 Å². The molecule has 0 bridgehead atoms. The zero-order valence-electron chi connectivity index (χ0n) is 48.8. The maximum absolute atomic E-state index is 9.01. The van der Waals surface area contributed by atoms with E-state index < -0.39 is 7.12 Å². The third-order valence-electron chi connectivity index (χ3n) is 10.1. The summed E-state index contributed by atoms with van der Waals surface area (Å²) in [7, 11) is 11.9. The fraction of sp³-hybridized carbons (Fsp3) is 0.309. The minimum atomic E-state index is -1.44. The van der Waals surface area contributed by atoms with Crippen LogP contribution in [0.15, 0.2) is 72.8 Å². The van der Waals surface area contributed by atoms with Crippen molar-refractivity contribution < 1.29 is 182 Å². The van der Waals surface area contributed by atoms with E-state index in [0.29, 0.717) is 11.2 Å². The smallest absolute Gasteiger partial charge is 0.488 e. The molecule has 6 rings (SSSR count). The van der Waals surface area contributed by atoms with Crippen LogP contribution in [0.25, 0.3) is 0 Å². The van der Waals surface area contributed by atoms with E-state index in [4.69, 9.17) is 37.2 Å². The molecule has 0 saturated heterocycles. The first kappa shape index (κ1) is 117. The third kappa shape index (κ3) is 52.4. The number of rotatable bonds is 7. The summed E-state index contributed by atoms with van der Waals surface area (Å²) < 4.78 is 32.3. The molecule has 83 heavy (non-hydrogen) atoms. The van der Waals surface area contributed by atoms with Gasteiger partial charge in [0.05, 0.1) is 40.3 Å². The van der Waals surface area contributed by atoms with E-state index in [1.165, 1.54) is 41.4 Å². The second-order valence-electron chi connectivity index (χ2n) is 15.0. The third-order valence-corrected chi connectivity index (χ3v) is 11.5. The van der Waals surface area contributed by atoms with E-state index >= 15 is 0 Å². The predicted molar refractivity (Wildman–Crippen MR) is 419 cm³/mol. The molecule has 8 nitrogen and oxygen atoms in total. The second-order valence-corrected chi connectivity index (χ2v) is 31.7. The van der Waals surface area contributed by atoms with Crippen molar-refractivity contribution in [2.24, 2.45) is 0 Å². The van der Waals surface area contributed by atoms with Crippen LogP contribution >= 0.6 is 215 Å². The standard InChI is InChI=1S/2C9H13OP.C8H12BO3P.2C8H10OP.C7H7OP.CHI3.CH2I2.CH3I.CH2I.CH4.CH3.2V.2W.2Y/c2*1-6-4-5-7(2)9(10-11)8(6)3;1-5-3-4-7(9(10)11)6(2)8(5)12-13;1-6-4-3-5-8(9-10)7(6)2;1-6-4-3-5-7(2)8(6)9-10;1-6-4-2-3-5-7(6)8-9;2-1(3)4;2-1-3;2*1-2;;;;;;;;/h2*4-5H,11H2,1-3H3;3-4,10-11H,13H2,1-2H3;2*3-4H,10H2,1-2H3;2-3H,9H2,1H3;1H;1H2;1H3;1H2;1H4;1H3;;;;;;/q;;;2*-1;-2;;;;-1;;-1;;;;;;. The molecule has 6 aromatic carbocycles. The molecule has 0 spiro atoms. The fourth-order valence-electron chi connectivity index (χ4n) is 5.78. The zero-order valence-corrected chi connectivity index (χ0v) is 85.2. The molecule has 6 unspecified atom stereocenters. The maximum atomic E-state index is 9.01. The van der Waals surface area contributed by atoms with E-state index in [1.807, 2.05) is 106 Å². The Hall–Kier alpha value is 6.55. The Morgan fingerprint density at radius 2 is 0.711 bits per heavy atom. The first-order valence-corrected chi connectivity index (χ1v) is 35.0. The molecule has 464 valence electrons. The molecular formula is C55H80BI7O8P6V2W2Y2-6. The summed E-state index contributed by atoms with van der Waals surface area (Å²) in [6.45, 7) is 26.1. The van der Waals surface area contributed by atoms with Crippen LogP contribution in [0.4, 0.5) is 0 Å². The summed E-state index contributed by atoms with van der Waals surface area (Å²) in [4.78, 5) is 5.19. The van der Waals surface area contributed by atoms with Crippen LogP contribution < -0.4 is 32.6 Å². The quantitative estimate of drug-likeness (QED) is 0.0537. The molecule has 2 N–H and O–H groups in total. The van der Waals surface area contributed by atoms with E-state index in [-0.39, 0.29) is 160 Å². The van der Waals surface area contributed by atoms with Crippen molar-refractivity contribution in [1.29, 1.82) is 0 Å². The van der Waals surface area contributed by atoms with E-state index in [0.717, 1.165) is 62.1 Å². The Balaban J connectivity index is -0.0000000692. The molecule has 0 aliphatic heterocycles. The van der Waals surface area contributed by atoms with Gasteiger partial charge in [0, 0.05) is 175 Å². The van der Waals surface area contributed by atoms with Crippen LogP contribution in [0.3, 0.4) is 0 Å². The molecule has 0 aliphatic carbocycles. The largest absolute Gasteiger partial charge is 0.562 e. The van der Waals surface area contributed by atoms with Crippen molar-refractivity contribution in [3.63, 3.8) is 0 Å². The molecule has 0 amide bonds. The van der Waals surface area contributed by atoms with Crippen LogP contribution in [0.1, 0.15) is 79.8 Å². The Morgan fingerprint density at radius 3 is 0.988 bits per heavy atom. The Morgan fingerprint density at radius 1 is 0.446 bits per heavy atom. The molecule has 0 heterocycles. The monoisotopic (exact) mass is 2600 g/mol. The van der Waals surface area contributed by atoms with Gasteiger partial charge in [-0.1, -0.05) is 207 Å². The molecule has 6 aromatic rings. The van der Waals surface area contributed by atoms with Gasteiger partial charge in [-0.3, -0.25) is 23.1 Å². The normalized spacial score (nSPS) is 8.23. The topological polar surface area (TPSA) is 95.8 Å². The summed E-state index contributed by atoms with van der Waals surface area (Å²) in [5.41, 5.74) is 15.1. The van der Waals surface area contributed by atoms with E-state index in [1.54, 1.807) is 25.1 Å². The molecule has 0 aromatic heterocycles. The van der Waals surface area contributed by atoms with Crippen LogP contribution in [0.2, 0.25) is 0 Å². The van der Waals surface area contributed by atoms with Crippen molar-refractivity contribution in [3.05, 3.63) is 182 Å². The van der Waals surface area contributed by atoms with Gasteiger partial charge in [0.25, 0.3) is 0 Å². The minimum Gasteiger partial charge on any atom is -0.562 e. The van der Waals surface area contributed by atoms with Gasteiger partial charge < -0.3 is 73.3 Å². The summed E-state index contributed by atoms with van der Waals surface area (Å²) in [6.07, 6.45) is 0. The van der Waals surface area contributed by atoms with Crippen LogP contribution in [0.5, 0.6) is 34.5 Å². The predicted octanol–water partition coefficient (Wildman–Crippen LogP) is 19.7. The molecule has 0 saturated carbocycles. The molecule has 0 aliphatic rings. The zero-order chi connectivity index (χ0) is 59.0. The molecule has 6 atom stereocenters. The molecule has 0 fully saturated rings. The first-order valence-electron chi connectivity index (χ1n) is 21.7. The molecular weight excluding hydrogens is 2520 g/mol. The maximum Gasteiger partial charge on any atom is 0.488 e. The second kappa shape index (κ2) is 74.3. The SMILES string of the molecule is C.CI.Cc1[c-]cc[c-]c1OP.Cc1[c-]ccc(C)c1OP.Cc1cc[c-]c(OP)c1C.Cc1ccc(B(O)O)c(C)c1OP.Cc1ccc(C)c(OP)c1C.Cc1ccc(C)c(OP)c1C.IC(I)I.ICI.[CH2-]I.[CH3-].[V].[V].[W].[W].[Y].[Y]. The number of hydrogen-bond acceptors (Lipinski definition) is 8. The molecule has 28 heteroatoms. The fourth-order valence-corrected chi connectivity index (χ4v) is 7.72. The van der Waals surface area contributed by atoms with Crippen molar-refractivity contribution in [1.82, 2.24) is 0 Å². The van der Waals surface area contributed by atoms with Gasteiger partial charge in [-0.25, -0.2) is 5.56 Å². The summed E-state index contributed by atoms with van der Waals surface area (Å²) in [5.74, 6) is 5.10. The van der Waals surface area contributed by atoms with Crippen LogP contribution in [-0.2, 0) is 145 Å². The van der Waals surface area contributed by atoms with Gasteiger partial charge >= 0.3 is 7.12 Å². The van der Waals surface area contributed by atoms with Gasteiger partial charge in [0.2, 0.25) is 0 Å². The van der Waals surface area contributed by atoms with Gasteiger partial charge in [0.1, 0.15) is 17.2 Å². The average molecular weight is 2600 g/mol. The number of benzene rings is 6.